The third-order valence-corrected chi connectivity index (χ3v) is 2.42. The summed E-state index contributed by atoms with van der Waals surface area (Å²) in [6.45, 7) is 3.29. The molecule has 0 aliphatic heterocycles. The van der Waals surface area contributed by atoms with Crippen LogP contribution in [0.25, 0.3) is 0 Å². The summed E-state index contributed by atoms with van der Waals surface area (Å²) in [4.78, 5) is 13.4. The summed E-state index contributed by atoms with van der Waals surface area (Å²) in [5.41, 5.74) is 0. The summed E-state index contributed by atoms with van der Waals surface area (Å²) in [5, 5.41) is 0. The molecule has 0 atom stereocenters. The van der Waals surface area contributed by atoms with Crippen LogP contribution >= 0.6 is 11.6 Å². The largest absolute Gasteiger partial charge is 0.469 e. The summed E-state index contributed by atoms with van der Waals surface area (Å²) < 4.78 is 5.16. The minimum Gasteiger partial charge on any atom is -0.469 e. The number of furan rings is 1. The Morgan fingerprint density at radius 3 is 2.93 bits per heavy atom. The minimum absolute atomic E-state index is 0.134. The van der Waals surface area contributed by atoms with Gasteiger partial charge in [0.2, 0.25) is 5.91 Å². The Morgan fingerprint density at radius 2 is 2.40 bits per heavy atom. The summed E-state index contributed by atoms with van der Waals surface area (Å²) in [5.74, 6) is 1.47. The minimum atomic E-state index is 0.134. The van der Waals surface area contributed by atoms with E-state index in [0.29, 0.717) is 31.8 Å². The van der Waals surface area contributed by atoms with Crippen LogP contribution in [0.15, 0.2) is 22.8 Å². The van der Waals surface area contributed by atoms with Gasteiger partial charge in [0.15, 0.2) is 0 Å². The molecule has 0 saturated heterocycles. The molecule has 0 N–H and O–H groups in total. The molecular weight excluding hydrogens is 214 g/mol. The molecule has 3 nitrogen and oxygen atoms in total. The van der Waals surface area contributed by atoms with Crippen molar-refractivity contribution in [2.24, 2.45) is 0 Å². The average molecular weight is 230 g/mol. The molecule has 0 radical (unpaired) electrons. The Kier molecular flexibility index (Phi) is 5.26. The maximum Gasteiger partial charge on any atom is 0.223 e. The first-order chi connectivity index (χ1) is 7.27. The van der Waals surface area contributed by atoms with Gasteiger partial charge >= 0.3 is 0 Å². The molecule has 1 amide bonds. The standard InChI is InChI=1S/C11H16ClNO2/c1-2-13(8-7-12)11(14)6-5-10-4-3-9-15-10/h3-4,9H,2,5-8H2,1H3. The number of rotatable bonds is 6. The zero-order valence-electron chi connectivity index (χ0n) is 8.91. The molecule has 0 saturated carbocycles. The van der Waals surface area contributed by atoms with Gasteiger partial charge in [-0.15, -0.1) is 11.6 Å². The predicted octanol–water partition coefficient (Wildman–Crippen LogP) is 2.30. The lowest BCUT2D eigenvalue weighted by Gasteiger charge is -2.19. The summed E-state index contributed by atoms with van der Waals surface area (Å²) >= 11 is 5.61. The lowest BCUT2D eigenvalue weighted by molar-refractivity contribution is -0.130. The molecule has 1 heterocycles. The van der Waals surface area contributed by atoms with Crippen LogP contribution in [-0.4, -0.2) is 29.8 Å². The van der Waals surface area contributed by atoms with E-state index in [1.54, 1.807) is 11.2 Å². The number of amides is 1. The average Bonchev–Trinajstić information content (AvgIpc) is 2.75. The van der Waals surface area contributed by atoms with Gasteiger partial charge in [-0.25, -0.2) is 0 Å². The van der Waals surface area contributed by atoms with E-state index < -0.39 is 0 Å². The number of alkyl halides is 1. The molecule has 0 aliphatic rings. The third kappa shape index (κ3) is 3.96. The maximum absolute atomic E-state index is 11.7. The van der Waals surface area contributed by atoms with E-state index >= 15 is 0 Å². The zero-order valence-corrected chi connectivity index (χ0v) is 9.67. The topological polar surface area (TPSA) is 33.5 Å². The molecular formula is C11H16ClNO2. The number of nitrogens with zero attached hydrogens (tertiary/aromatic N) is 1. The van der Waals surface area contributed by atoms with Crippen molar-refractivity contribution in [2.45, 2.75) is 19.8 Å². The van der Waals surface area contributed by atoms with Gasteiger partial charge in [0.05, 0.1) is 6.26 Å². The van der Waals surface area contributed by atoms with Gasteiger partial charge in [-0.05, 0) is 19.1 Å². The van der Waals surface area contributed by atoms with Crippen LogP contribution in [0.1, 0.15) is 19.1 Å². The number of carbonyl (C=O) groups is 1. The summed E-state index contributed by atoms with van der Waals surface area (Å²) in [6.07, 6.45) is 2.76. The molecule has 1 aromatic heterocycles. The Hall–Kier alpha value is -0.960. The van der Waals surface area contributed by atoms with Crippen molar-refractivity contribution in [1.29, 1.82) is 0 Å². The van der Waals surface area contributed by atoms with Crippen molar-refractivity contribution in [3.05, 3.63) is 24.2 Å². The van der Waals surface area contributed by atoms with E-state index in [1.165, 1.54) is 0 Å². The SMILES string of the molecule is CCN(CCCl)C(=O)CCc1ccco1. The van der Waals surface area contributed by atoms with Gasteiger partial charge in [0.1, 0.15) is 5.76 Å². The molecule has 0 aliphatic carbocycles. The second-order valence-corrected chi connectivity index (χ2v) is 3.62. The van der Waals surface area contributed by atoms with Crippen LogP contribution in [0.2, 0.25) is 0 Å². The Balaban J connectivity index is 2.34. The number of carbonyl (C=O) groups excluding carboxylic acids is 1. The first-order valence-corrected chi connectivity index (χ1v) is 5.67. The van der Waals surface area contributed by atoms with Crippen molar-refractivity contribution in [1.82, 2.24) is 4.90 Å². The Labute approximate surface area is 95.0 Å². The smallest absolute Gasteiger partial charge is 0.223 e. The molecule has 0 spiro atoms. The first-order valence-electron chi connectivity index (χ1n) is 5.14. The molecule has 4 heteroatoms. The normalized spacial score (nSPS) is 10.3. The summed E-state index contributed by atoms with van der Waals surface area (Å²) in [7, 11) is 0. The summed E-state index contributed by atoms with van der Waals surface area (Å²) in [6, 6.07) is 3.71. The monoisotopic (exact) mass is 229 g/mol. The Morgan fingerprint density at radius 1 is 1.60 bits per heavy atom. The van der Waals surface area contributed by atoms with E-state index in [1.807, 2.05) is 19.1 Å². The zero-order chi connectivity index (χ0) is 11.1. The van der Waals surface area contributed by atoms with Crippen LogP contribution in [0.3, 0.4) is 0 Å². The third-order valence-electron chi connectivity index (χ3n) is 2.25. The van der Waals surface area contributed by atoms with Gasteiger partial charge < -0.3 is 9.32 Å². The van der Waals surface area contributed by atoms with Crippen molar-refractivity contribution in [3.8, 4) is 0 Å². The molecule has 0 fully saturated rings. The van der Waals surface area contributed by atoms with E-state index in [2.05, 4.69) is 0 Å². The number of hydrogen-bond donors (Lipinski definition) is 0. The highest BCUT2D eigenvalue weighted by molar-refractivity contribution is 6.18. The van der Waals surface area contributed by atoms with Crippen LogP contribution in [0.4, 0.5) is 0 Å². The molecule has 0 unspecified atom stereocenters. The van der Waals surface area contributed by atoms with Gasteiger partial charge in [-0.2, -0.15) is 0 Å². The van der Waals surface area contributed by atoms with Crippen molar-refractivity contribution < 1.29 is 9.21 Å². The molecule has 0 bridgehead atoms. The highest BCUT2D eigenvalue weighted by Crippen LogP contribution is 2.05. The second kappa shape index (κ2) is 6.51. The van der Waals surface area contributed by atoms with Crippen LogP contribution in [0.5, 0.6) is 0 Å². The molecule has 1 rings (SSSR count). The highest BCUT2D eigenvalue weighted by Gasteiger charge is 2.11. The van der Waals surface area contributed by atoms with Crippen LogP contribution < -0.4 is 0 Å². The fourth-order valence-electron chi connectivity index (χ4n) is 1.40. The molecule has 0 aromatic carbocycles. The number of hydrogen-bond acceptors (Lipinski definition) is 2. The van der Waals surface area contributed by atoms with Crippen molar-refractivity contribution in [3.63, 3.8) is 0 Å². The van der Waals surface area contributed by atoms with Crippen molar-refractivity contribution >= 4 is 17.5 Å². The lowest BCUT2D eigenvalue weighted by Crippen LogP contribution is -2.32. The highest BCUT2D eigenvalue weighted by atomic mass is 35.5. The maximum atomic E-state index is 11.7. The second-order valence-electron chi connectivity index (χ2n) is 3.24. The molecule has 1 aromatic rings. The van der Waals surface area contributed by atoms with Crippen molar-refractivity contribution in [2.75, 3.05) is 19.0 Å². The lowest BCUT2D eigenvalue weighted by atomic mass is 10.2. The fourth-order valence-corrected chi connectivity index (χ4v) is 1.61. The first kappa shape index (κ1) is 12.1. The van der Waals surface area contributed by atoms with E-state index in [-0.39, 0.29) is 5.91 Å². The van der Waals surface area contributed by atoms with E-state index in [9.17, 15) is 4.79 Å². The quantitative estimate of drug-likeness (QED) is 0.702. The van der Waals surface area contributed by atoms with Gasteiger partial charge in [0, 0.05) is 31.8 Å². The number of halogens is 1. The molecule has 84 valence electrons. The van der Waals surface area contributed by atoms with Gasteiger partial charge in [-0.3, -0.25) is 4.79 Å². The fraction of sp³-hybridized carbons (Fsp3) is 0.545. The van der Waals surface area contributed by atoms with Gasteiger partial charge in [0.25, 0.3) is 0 Å². The van der Waals surface area contributed by atoms with Crippen LogP contribution in [0, 0.1) is 0 Å². The van der Waals surface area contributed by atoms with E-state index in [0.717, 1.165) is 5.76 Å². The van der Waals surface area contributed by atoms with E-state index in [4.69, 9.17) is 16.0 Å². The van der Waals surface area contributed by atoms with Gasteiger partial charge in [-0.1, -0.05) is 0 Å². The number of aryl methyl sites for hydroxylation is 1. The molecule has 15 heavy (non-hydrogen) atoms. The predicted molar refractivity (Wildman–Crippen MR) is 60.0 cm³/mol. The Bertz CT molecular complexity index is 285. The van der Waals surface area contributed by atoms with Crippen LogP contribution in [-0.2, 0) is 11.2 Å².